The summed E-state index contributed by atoms with van der Waals surface area (Å²) in [5, 5.41) is 16.4. The van der Waals surface area contributed by atoms with Crippen LogP contribution in [-0.4, -0.2) is 35.7 Å². The van der Waals surface area contributed by atoms with E-state index in [0.29, 0.717) is 19.5 Å². The molecule has 2 atom stereocenters. The molecule has 1 amide bonds. The molecule has 1 aliphatic rings. The highest BCUT2D eigenvalue weighted by atomic mass is 16.3. The van der Waals surface area contributed by atoms with Gasteiger partial charge in [-0.1, -0.05) is 37.3 Å². The van der Waals surface area contributed by atoms with Crippen LogP contribution in [0.25, 0.3) is 0 Å². The van der Waals surface area contributed by atoms with E-state index in [1.807, 2.05) is 25.1 Å². The van der Waals surface area contributed by atoms with Gasteiger partial charge in [0.05, 0.1) is 11.6 Å². The van der Waals surface area contributed by atoms with Crippen molar-refractivity contribution >= 4 is 5.91 Å². The quantitative estimate of drug-likeness (QED) is 0.732. The zero-order valence-corrected chi connectivity index (χ0v) is 12.1. The molecule has 1 fully saturated rings. The fourth-order valence-corrected chi connectivity index (χ4v) is 2.81. The molecule has 1 aromatic carbocycles. The Morgan fingerprint density at radius 1 is 1.45 bits per heavy atom. The molecule has 4 heteroatoms. The maximum atomic E-state index is 11.7. The second kappa shape index (κ2) is 6.86. The second-order valence-corrected chi connectivity index (χ2v) is 5.54. The number of amides is 1. The number of benzene rings is 1. The van der Waals surface area contributed by atoms with Crippen molar-refractivity contribution < 1.29 is 9.90 Å². The number of hydrogen-bond acceptors (Lipinski definition) is 3. The molecule has 3 N–H and O–H groups in total. The average Bonchev–Trinajstić information content (AvgIpc) is 2.81. The van der Waals surface area contributed by atoms with Gasteiger partial charge < -0.3 is 15.7 Å². The highest BCUT2D eigenvalue weighted by Gasteiger charge is 2.42. The molecule has 20 heavy (non-hydrogen) atoms. The number of carbonyl (C=O) groups is 1. The number of rotatable bonds is 6. The normalized spacial score (nSPS) is 25.6. The van der Waals surface area contributed by atoms with Gasteiger partial charge in [-0.3, -0.25) is 4.79 Å². The molecule has 2 rings (SSSR count). The Labute approximate surface area is 120 Å². The number of nitrogens with one attached hydrogen (secondary N) is 2. The average molecular weight is 276 g/mol. The van der Waals surface area contributed by atoms with Crippen LogP contribution >= 0.6 is 0 Å². The van der Waals surface area contributed by atoms with Crippen LogP contribution in [0.15, 0.2) is 30.3 Å². The number of aryl methyl sites for hydroxylation is 1. The van der Waals surface area contributed by atoms with Crippen molar-refractivity contribution in [3.63, 3.8) is 0 Å². The first-order valence-corrected chi connectivity index (χ1v) is 7.40. The van der Waals surface area contributed by atoms with E-state index in [1.165, 1.54) is 5.56 Å². The third kappa shape index (κ3) is 3.58. The fourth-order valence-electron chi connectivity index (χ4n) is 2.81. The minimum Gasteiger partial charge on any atom is -0.389 e. The van der Waals surface area contributed by atoms with E-state index in [2.05, 4.69) is 22.8 Å². The highest BCUT2D eigenvalue weighted by molar-refractivity contribution is 5.76. The van der Waals surface area contributed by atoms with Crippen LogP contribution < -0.4 is 10.6 Å². The largest absolute Gasteiger partial charge is 0.389 e. The Bertz CT molecular complexity index is 435. The molecule has 0 bridgehead atoms. The van der Waals surface area contributed by atoms with Crippen molar-refractivity contribution in [1.29, 1.82) is 0 Å². The maximum Gasteiger partial charge on any atom is 0.220 e. The van der Waals surface area contributed by atoms with Crippen LogP contribution in [0.1, 0.15) is 31.7 Å². The first-order valence-electron chi connectivity index (χ1n) is 7.40. The summed E-state index contributed by atoms with van der Waals surface area (Å²) < 4.78 is 0. The predicted octanol–water partition coefficient (Wildman–Crippen LogP) is 1.24. The third-order valence-electron chi connectivity index (χ3n) is 4.06. The van der Waals surface area contributed by atoms with E-state index < -0.39 is 11.6 Å². The van der Waals surface area contributed by atoms with Gasteiger partial charge in [-0.05, 0) is 24.8 Å². The van der Waals surface area contributed by atoms with Crippen molar-refractivity contribution in [1.82, 2.24) is 10.6 Å². The summed E-state index contributed by atoms with van der Waals surface area (Å²) in [4.78, 5) is 11.7. The minimum atomic E-state index is -0.506. The standard InChI is InChI=1S/C16H24N2O2/c1-2-15(20)18-16(12-17-11-14(16)19)10-6-9-13-7-4-3-5-8-13/h3-5,7-8,14,17,19H,2,6,9-12H2,1H3,(H,18,20)/t14-,16-/m0/s1. The van der Waals surface area contributed by atoms with E-state index in [-0.39, 0.29) is 5.91 Å². The van der Waals surface area contributed by atoms with Gasteiger partial charge in [0.15, 0.2) is 0 Å². The summed E-state index contributed by atoms with van der Waals surface area (Å²) in [5.74, 6) is 0.00691. The van der Waals surface area contributed by atoms with Crippen LogP contribution in [0.3, 0.4) is 0 Å². The topological polar surface area (TPSA) is 61.4 Å². The zero-order valence-electron chi connectivity index (χ0n) is 12.1. The smallest absolute Gasteiger partial charge is 0.220 e. The van der Waals surface area contributed by atoms with Gasteiger partial charge in [0.1, 0.15) is 0 Å². The molecule has 0 spiro atoms. The molecular weight excluding hydrogens is 252 g/mol. The van der Waals surface area contributed by atoms with Crippen LogP contribution in [0.2, 0.25) is 0 Å². The summed E-state index contributed by atoms with van der Waals surface area (Å²) in [6.07, 6.45) is 2.66. The van der Waals surface area contributed by atoms with Crippen LogP contribution in [0, 0.1) is 0 Å². The van der Waals surface area contributed by atoms with E-state index in [0.717, 1.165) is 19.3 Å². The van der Waals surface area contributed by atoms with E-state index in [9.17, 15) is 9.90 Å². The van der Waals surface area contributed by atoms with Gasteiger partial charge in [0.25, 0.3) is 0 Å². The fraction of sp³-hybridized carbons (Fsp3) is 0.562. The first kappa shape index (κ1) is 15.0. The molecule has 1 aromatic rings. The lowest BCUT2D eigenvalue weighted by Gasteiger charge is -2.33. The van der Waals surface area contributed by atoms with E-state index in [1.54, 1.807) is 0 Å². The lowest BCUT2D eigenvalue weighted by atomic mass is 9.88. The SMILES string of the molecule is CCC(=O)N[C@@]1(CCCc2ccccc2)CNC[C@@H]1O. The molecule has 110 valence electrons. The Kier molecular flexibility index (Phi) is 5.15. The van der Waals surface area contributed by atoms with Gasteiger partial charge in [0, 0.05) is 19.5 Å². The summed E-state index contributed by atoms with van der Waals surface area (Å²) >= 11 is 0. The Morgan fingerprint density at radius 2 is 2.20 bits per heavy atom. The molecular formula is C16H24N2O2. The summed E-state index contributed by atoms with van der Waals surface area (Å²) in [5.41, 5.74) is 0.798. The van der Waals surface area contributed by atoms with Gasteiger partial charge in [0.2, 0.25) is 5.91 Å². The molecule has 1 saturated heterocycles. The van der Waals surface area contributed by atoms with Gasteiger partial charge in [-0.25, -0.2) is 0 Å². The van der Waals surface area contributed by atoms with Gasteiger partial charge in [-0.15, -0.1) is 0 Å². The summed E-state index contributed by atoms with van der Waals surface area (Å²) in [7, 11) is 0. The third-order valence-corrected chi connectivity index (χ3v) is 4.06. The van der Waals surface area contributed by atoms with E-state index in [4.69, 9.17) is 0 Å². The molecule has 1 aliphatic heterocycles. The number of β-amino-alcohol motifs (C(OH)–C–C–N with tert-alkyl or cyclic N) is 1. The van der Waals surface area contributed by atoms with Crippen molar-refractivity contribution in [2.24, 2.45) is 0 Å². The number of aliphatic hydroxyl groups is 1. The monoisotopic (exact) mass is 276 g/mol. The van der Waals surface area contributed by atoms with Gasteiger partial charge in [-0.2, -0.15) is 0 Å². The lowest BCUT2D eigenvalue weighted by Crippen LogP contribution is -2.56. The Hall–Kier alpha value is -1.39. The van der Waals surface area contributed by atoms with Gasteiger partial charge >= 0.3 is 0 Å². The number of hydrogen-bond donors (Lipinski definition) is 3. The maximum absolute atomic E-state index is 11.7. The second-order valence-electron chi connectivity index (χ2n) is 5.54. The lowest BCUT2D eigenvalue weighted by molar-refractivity contribution is -0.123. The zero-order chi connectivity index (χ0) is 14.4. The first-order chi connectivity index (χ1) is 9.66. The molecule has 4 nitrogen and oxygen atoms in total. The molecule has 0 unspecified atom stereocenters. The molecule has 0 radical (unpaired) electrons. The molecule has 0 saturated carbocycles. The van der Waals surface area contributed by atoms with E-state index >= 15 is 0 Å². The Balaban J connectivity index is 1.93. The minimum absolute atomic E-state index is 0.00691. The van der Waals surface area contributed by atoms with Crippen molar-refractivity contribution in [2.45, 2.75) is 44.2 Å². The van der Waals surface area contributed by atoms with Crippen LogP contribution in [0.5, 0.6) is 0 Å². The Morgan fingerprint density at radius 3 is 2.80 bits per heavy atom. The highest BCUT2D eigenvalue weighted by Crippen LogP contribution is 2.23. The molecule has 0 aliphatic carbocycles. The molecule has 0 aromatic heterocycles. The van der Waals surface area contributed by atoms with Crippen LogP contribution in [-0.2, 0) is 11.2 Å². The number of aliphatic hydroxyl groups excluding tert-OH is 1. The molecule has 1 heterocycles. The summed E-state index contributed by atoms with van der Waals surface area (Å²) in [6.45, 7) is 3.03. The summed E-state index contributed by atoms with van der Waals surface area (Å²) in [6, 6.07) is 10.3. The van der Waals surface area contributed by atoms with Crippen LogP contribution in [0.4, 0.5) is 0 Å². The van der Waals surface area contributed by atoms with Crippen molar-refractivity contribution in [3.8, 4) is 0 Å². The predicted molar refractivity (Wildman–Crippen MR) is 79.4 cm³/mol. The van der Waals surface area contributed by atoms with Crippen molar-refractivity contribution in [3.05, 3.63) is 35.9 Å². The van der Waals surface area contributed by atoms with Crippen molar-refractivity contribution in [2.75, 3.05) is 13.1 Å². The number of carbonyl (C=O) groups excluding carboxylic acids is 1.